The fraction of sp³-hybridized carbons (Fsp3) is 0.905. The van der Waals surface area contributed by atoms with Crippen LogP contribution in [0.15, 0.2) is 0 Å². The van der Waals surface area contributed by atoms with Gasteiger partial charge < -0.3 is 34.4 Å². The number of hydrogen-bond acceptors (Lipinski definition) is 9. The first-order chi connectivity index (χ1) is 14.7. The maximum absolute atomic E-state index is 12.9. The van der Waals surface area contributed by atoms with Crippen LogP contribution in [0.2, 0.25) is 0 Å². The van der Waals surface area contributed by atoms with Gasteiger partial charge >= 0.3 is 11.9 Å². The standard InChI is InChI=1S/C21H34N2O8/c1-29-16(18(24)25)21(28)12-23-8-5-15(21)13(9-23)10-31-19(26)17(30-2)20(27)11-22-6-3-14(20)4-7-22/h13-17,27-28H,3-12H2,1-2H3,(H,24,25). The van der Waals surface area contributed by atoms with Crippen LogP contribution in [0.5, 0.6) is 0 Å². The van der Waals surface area contributed by atoms with Gasteiger partial charge in [-0.1, -0.05) is 0 Å². The first-order valence-electron chi connectivity index (χ1n) is 11.1. The highest BCUT2D eigenvalue weighted by Gasteiger charge is 2.58. The lowest BCUT2D eigenvalue weighted by Gasteiger charge is -2.55. The number of esters is 1. The lowest BCUT2D eigenvalue weighted by atomic mass is 9.67. The summed E-state index contributed by atoms with van der Waals surface area (Å²) < 4.78 is 16.2. The molecule has 0 aromatic carbocycles. The Balaban J connectivity index is 1.43. The third kappa shape index (κ3) is 3.87. The number of fused-ring (bicyclic) bond motifs is 6. The first kappa shape index (κ1) is 22.9. The second-order valence-corrected chi connectivity index (χ2v) is 9.62. The minimum atomic E-state index is -1.55. The smallest absolute Gasteiger partial charge is 0.338 e. The van der Waals surface area contributed by atoms with E-state index in [1.54, 1.807) is 0 Å². The Kier molecular flexibility index (Phi) is 6.32. The van der Waals surface area contributed by atoms with Gasteiger partial charge in [0.05, 0.1) is 6.61 Å². The summed E-state index contributed by atoms with van der Waals surface area (Å²) in [5, 5.41) is 32.0. The maximum atomic E-state index is 12.9. The molecule has 176 valence electrons. The zero-order chi connectivity index (χ0) is 22.4. The summed E-state index contributed by atoms with van der Waals surface area (Å²) in [6, 6.07) is 0. The summed E-state index contributed by atoms with van der Waals surface area (Å²) in [6.45, 7) is 3.83. The number of piperidine rings is 6. The summed E-state index contributed by atoms with van der Waals surface area (Å²) in [4.78, 5) is 28.7. The van der Waals surface area contributed by atoms with Crippen molar-refractivity contribution < 1.29 is 39.1 Å². The molecule has 6 aliphatic rings. The molecule has 6 fully saturated rings. The molecule has 10 nitrogen and oxygen atoms in total. The third-order valence-electron chi connectivity index (χ3n) is 7.97. The predicted octanol–water partition coefficient (Wildman–Crippen LogP) is -1.22. The van der Waals surface area contributed by atoms with Crippen molar-refractivity contribution in [2.24, 2.45) is 17.8 Å². The van der Waals surface area contributed by atoms with Gasteiger partial charge in [0.1, 0.15) is 11.2 Å². The Bertz CT molecular complexity index is 699. The van der Waals surface area contributed by atoms with E-state index in [1.807, 2.05) is 4.90 Å². The number of carbonyl (C=O) groups is 2. The Morgan fingerprint density at radius 3 is 2.10 bits per heavy atom. The van der Waals surface area contributed by atoms with Gasteiger partial charge in [0.2, 0.25) is 0 Å². The largest absolute Gasteiger partial charge is 0.479 e. The molecule has 6 aliphatic heterocycles. The molecule has 10 heteroatoms. The SMILES string of the molecule is COC(C(=O)OCC1CN2CCC1C(O)(C(OC)C(=O)O)C2)C1(O)CN2CCC1CC2. The van der Waals surface area contributed by atoms with Crippen LogP contribution in [0, 0.1) is 17.8 Å². The zero-order valence-electron chi connectivity index (χ0n) is 18.2. The molecule has 0 amide bonds. The number of aliphatic carboxylic acids is 1. The molecule has 0 aromatic rings. The highest BCUT2D eigenvalue weighted by atomic mass is 16.6. The molecule has 0 aromatic heterocycles. The van der Waals surface area contributed by atoms with Crippen LogP contribution in [0.1, 0.15) is 19.3 Å². The zero-order valence-corrected chi connectivity index (χ0v) is 18.2. The average molecular weight is 443 g/mol. The molecular formula is C21H34N2O8. The number of rotatable bonds is 8. The average Bonchev–Trinajstić information content (AvgIpc) is 2.73. The van der Waals surface area contributed by atoms with Gasteiger partial charge in [0.25, 0.3) is 0 Å². The van der Waals surface area contributed by atoms with E-state index in [0.717, 1.165) is 32.5 Å². The summed E-state index contributed by atoms with van der Waals surface area (Å²) >= 11 is 0. The number of hydrogen-bond donors (Lipinski definition) is 3. The number of carbonyl (C=O) groups excluding carboxylic acids is 1. The van der Waals surface area contributed by atoms with E-state index < -0.39 is 35.3 Å². The summed E-state index contributed by atoms with van der Waals surface area (Å²) in [5.41, 5.74) is -2.83. The highest BCUT2D eigenvalue weighted by Crippen LogP contribution is 2.43. The molecule has 6 heterocycles. The van der Waals surface area contributed by atoms with Gasteiger partial charge in [0, 0.05) is 45.7 Å². The van der Waals surface area contributed by atoms with Crippen LogP contribution < -0.4 is 0 Å². The normalized spacial score (nSPS) is 43.4. The fourth-order valence-electron chi connectivity index (χ4n) is 6.49. The molecule has 7 unspecified atom stereocenters. The van der Waals surface area contributed by atoms with Gasteiger partial charge in [-0.2, -0.15) is 0 Å². The van der Waals surface area contributed by atoms with Crippen LogP contribution in [0.25, 0.3) is 0 Å². The second kappa shape index (κ2) is 8.57. The van der Waals surface area contributed by atoms with E-state index in [9.17, 15) is 24.9 Å². The Hall–Kier alpha value is -1.30. The lowest BCUT2D eigenvalue weighted by Crippen LogP contribution is -2.70. The maximum Gasteiger partial charge on any atom is 0.338 e. The topological polar surface area (TPSA) is 129 Å². The van der Waals surface area contributed by atoms with E-state index in [-0.39, 0.29) is 30.9 Å². The summed E-state index contributed by atoms with van der Waals surface area (Å²) in [5.74, 6) is -2.42. The number of methoxy groups -OCH3 is 2. The van der Waals surface area contributed by atoms with E-state index in [4.69, 9.17) is 14.2 Å². The lowest BCUT2D eigenvalue weighted by molar-refractivity contribution is -0.221. The Labute approximate surface area is 182 Å². The van der Waals surface area contributed by atoms with Gasteiger partial charge in [-0.25, -0.2) is 9.59 Å². The highest BCUT2D eigenvalue weighted by molar-refractivity contribution is 5.76. The van der Waals surface area contributed by atoms with Crippen LogP contribution >= 0.6 is 0 Å². The van der Waals surface area contributed by atoms with Gasteiger partial charge in [0.15, 0.2) is 12.2 Å². The van der Waals surface area contributed by atoms with Crippen molar-refractivity contribution in [3.63, 3.8) is 0 Å². The third-order valence-corrected chi connectivity index (χ3v) is 7.97. The van der Waals surface area contributed by atoms with Gasteiger partial charge in [-0.3, -0.25) is 4.90 Å². The van der Waals surface area contributed by atoms with Crippen molar-refractivity contribution in [2.75, 3.05) is 60.1 Å². The van der Waals surface area contributed by atoms with E-state index in [1.165, 1.54) is 14.2 Å². The molecule has 6 rings (SSSR count). The van der Waals surface area contributed by atoms with Crippen molar-refractivity contribution in [1.82, 2.24) is 9.80 Å². The monoisotopic (exact) mass is 442 g/mol. The number of nitrogens with zero attached hydrogens (tertiary/aromatic N) is 2. The molecule has 0 spiro atoms. The predicted molar refractivity (Wildman–Crippen MR) is 107 cm³/mol. The van der Waals surface area contributed by atoms with Crippen molar-refractivity contribution in [2.45, 2.75) is 42.7 Å². The molecule has 0 radical (unpaired) electrons. The summed E-state index contributed by atoms with van der Waals surface area (Å²) in [7, 11) is 2.69. The molecule has 6 saturated heterocycles. The number of aliphatic hydroxyl groups is 2. The van der Waals surface area contributed by atoms with Crippen molar-refractivity contribution in [3.8, 4) is 0 Å². The van der Waals surface area contributed by atoms with Crippen LogP contribution in [0.4, 0.5) is 0 Å². The fourth-order valence-corrected chi connectivity index (χ4v) is 6.49. The molecule has 7 atom stereocenters. The van der Waals surface area contributed by atoms with Crippen LogP contribution in [0.3, 0.4) is 0 Å². The number of carboxylic acid groups (broad SMARTS) is 1. The van der Waals surface area contributed by atoms with Crippen molar-refractivity contribution in [3.05, 3.63) is 0 Å². The first-order valence-corrected chi connectivity index (χ1v) is 11.1. The minimum Gasteiger partial charge on any atom is -0.479 e. The van der Waals surface area contributed by atoms with Crippen LogP contribution in [-0.4, -0.2) is 121 Å². The quantitative estimate of drug-likeness (QED) is 0.394. The molecule has 0 aliphatic carbocycles. The van der Waals surface area contributed by atoms with Gasteiger partial charge in [-0.05, 0) is 44.8 Å². The summed E-state index contributed by atoms with van der Waals surface area (Å²) in [6.07, 6.45) is -0.182. The van der Waals surface area contributed by atoms with Crippen LogP contribution in [-0.2, 0) is 23.8 Å². The van der Waals surface area contributed by atoms with Gasteiger partial charge in [-0.15, -0.1) is 0 Å². The van der Waals surface area contributed by atoms with E-state index >= 15 is 0 Å². The van der Waals surface area contributed by atoms with E-state index in [0.29, 0.717) is 19.5 Å². The molecule has 3 N–H and O–H groups in total. The Morgan fingerprint density at radius 2 is 1.58 bits per heavy atom. The Morgan fingerprint density at radius 1 is 0.968 bits per heavy atom. The minimum absolute atomic E-state index is 0.00470. The van der Waals surface area contributed by atoms with Crippen molar-refractivity contribution >= 4 is 11.9 Å². The number of ether oxygens (including phenoxy) is 3. The van der Waals surface area contributed by atoms with Crippen molar-refractivity contribution in [1.29, 1.82) is 0 Å². The number of carboxylic acids is 1. The molecule has 0 saturated carbocycles. The molecular weight excluding hydrogens is 408 g/mol. The molecule has 31 heavy (non-hydrogen) atoms. The second-order valence-electron chi connectivity index (χ2n) is 9.62. The van der Waals surface area contributed by atoms with E-state index in [2.05, 4.69) is 4.90 Å². The molecule has 4 bridgehead atoms.